The van der Waals surface area contributed by atoms with Crippen LogP contribution in [0.4, 0.5) is 0 Å². The minimum atomic E-state index is -0.935. The molecule has 2 saturated carbocycles. The zero-order valence-corrected chi connectivity index (χ0v) is 22.2. The lowest BCUT2D eigenvalue weighted by molar-refractivity contribution is -0.186. The molecule has 6 unspecified atom stereocenters. The molecular formula is C26H40O11. The van der Waals surface area contributed by atoms with Crippen molar-refractivity contribution in [2.24, 2.45) is 17.8 Å². The molecule has 37 heavy (non-hydrogen) atoms. The van der Waals surface area contributed by atoms with E-state index in [0.29, 0.717) is 25.0 Å². The molecule has 0 aromatic carbocycles. The first-order valence-corrected chi connectivity index (χ1v) is 11.9. The summed E-state index contributed by atoms with van der Waals surface area (Å²) in [6.45, 7) is 18.5. The van der Waals surface area contributed by atoms with Crippen LogP contribution in [0.15, 0.2) is 36.5 Å². The molecule has 0 saturated heterocycles. The Morgan fingerprint density at radius 3 is 1.92 bits per heavy atom. The predicted octanol–water partition coefficient (Wildman–Crippen LogP) is 2.16. The Kier molecular flexibility index (Phi) is 15.3. The number of aliphatic hydroxyl groups is 2. The second-order valence-electron chi connectivity index (χ2n) is 8.83. The fourth-order valence-electron chi connectivity index (χ4n) is 3.71. The SMILES string of the molecule is C=C(C)C(=O)O.C=C(C)C(=O)OC1C(O)C2CC(C(=O)OC(C)OCC)C1C2.C=C(C)C(=O)OCCO. The van der Waals surface area contributed by atoms with Gasteiger partial charge in [-0.3, -0.25) is 4.79 Å². The Labute approximate surface area is 217 Å². The maximum absolute atomic E-state index is 12.3. The number of carbonyl (C=O) groups excluding carboxylic acids is 3. The molecule has 11 nitrogen and oxygen atoms in total. The molecule has 2 aliphatic carbocycles. The highest BCUT2D eigenvalue weighted by atomic mass is 16.7. The number of fused-ring (bicyclic) bond motifs is 2. The summed E-state index contributed by atoms with van der Waals surface area (Å²) in [6, 6.07) is 0. The van der Waals surface area contributed by atoms with Crippen LogP contribution < -0.4 is 0 Å². The first-order valence-electron chi connectivity index (χ1n) is 11.9. The molecule has 0 aliphatic heterocycles. The van der Waals surface area contributed by atoms with Crippen LogP contribution in [0.3, 0.4) is 0 Å². The lowest BCUT2D eigenvalue weighted by Gasteiger charge is -2.32. The Balaban J connectivity index is 0.000000713. The van der Waals surface area contributed by atoms with Crippen molar-refractivity contribution in [3.05, 3.63) is 36.5 Å². The minimum absolute atomic E-state index is 0.0344. The summed E-state index contributed by atoms with van der Waals surface area (Å²) >= 11 is 0. The summed E-state index contributed by atoms with van der Waals surface area (Å²) in [7, 11) is 0. The normalized spacial score (nSPS) is 23.7. The average Bonchev–Trinajstić information content (AvgIpc) is 3.37. The van der Waals surface area contributed by atoms with Gasteiger partial charge in [0.05, 0.1) is 18.6 Å². The van der Waals surface area contributed by atoms with E-state index < -0.39 is 36.4 Å². The quantitative estimate of drug-likeness (QED) is 0.165. The van der Waals surface area contributed by atoms with Crippen LogP contribution in [0.2, 0.25) is 0 Å². The van der Waals surface area contributed by atoms with E-state index in [1.807, 2.05) is 6.92 Å². The molecule has 0 aromatic heterocycles. The number of aliphatic carboxylic acids is 1. The average molecular weight is 529 g/mol. The Hall–Kier alpha value is -3.02. The van der Waals surface area contributed by atoms with Crippen molar-refractivity contribution in [1.29, 1.82) is 0 Å². The summed E-state index contributed by atoms with van der Waals surface area (Å²) in [5.41, 5.74) is 0.803. The van der Waals surface area contributed by atoms with Gasteiger partial charge in [0.1, 0.15) is 12.7 Å². The largest absolute Gasteiger partial charge is 0.478 e. The molecule has 0 amide bonds. The van der Waals surface area contributed by atoms with Gasteiger partial charge in [-0.1, -0.05) is 19.7 Å². The molecule has 0 spiro atoms. The second-order valence-corrected chi connectivity index (χ2v) is 8.83. The third-order valence-corrected chi connectivity index (χ3v) is 5.51. The highest BCUT2D eigenvalue weighted by molar-refractivity contribution is 5.87. The molecule has 0 aromatic rings. The van der Waals surface area contributed by atoms with Gasteiger partial charge in [0, 0.05) is 29.2 Å². The zero-order chi connectivity index (χ0) is 28.9. The molecule has 11 heteroatoms. The smallest absolute Gasteiger partial charge is 0.333 e. The van der Waals surface area contributed by atoms with Crippen LogP contribution in [-0.2, 0) is 38.1 Å². The number of carboxylic acid groups (broad SMARTS) is 1. The number of hydrogen-bond acceptors (Lipinski definition) is 10. The Bertz CT molecular complexity index is 835. The second kappa shape index (κ2) is 16.7. The zero-order valence-electron chi connectivity index (χ0n) is 22.2. The van der Waals surface area contributed by atoms with E-state index in [1.54, 1.807) is 20.8 Å². The van der Waals surface area contributed by atoms with E-state index in [-0.39, 0.29) is 48.1 Å². The molecule has 2 aliphatic rings. The fourth-order valence-corrected chi connectivity index (χ4v) is 3.71. The number of aliphatic hydroxyl groups excluding tert-OH is 2. The van der Waals surface area contributed by atoms with E-state index in [4.69, 9.17) is 24.4 Å². The van der Waals surface area contributed by atoms with Crippen molar-refractivity contribution >= 4 is 23.9 Å². The van der Waals surface area contributed by atoms with E-state index in [0.717, 1.165) is 0 Å². The van der Waals surface area contributed by atoms with Crippen molar-refractivity contribution in [2.45, 2.75) is 66.0 Å². The van der Waals surface area contributed by atoms with Gasteiger partial charge in [0.2, 0.25) is 0 Å². The molecule has 210 valence electrons. The third-order valence-electron chi connectivity index (χ3n) is 5.51. The molecule has 3 N–H and O–H groups in total. The van der Waals surface area contributed by atoms with Crippen LogP contribution in [0.1, 0.15) is 47.5 Å². The van der Waals surface area contributed by atoms with Gasteiger partial charge < -0.3 is 34.3 Å². The molecule has 2 rings (SSSR count). The van der Waals surface area contributed by atoms with E-state index >= 15 is 0 Å². The molecule has 2 fully saturated rings. The highest BCUT2D eigenvalue weighted by Crippen LogP contribution is 2.50. The molecule has 0 radical (unpaired) electrons. The van der Waals surface area contributed by atoms with Gasteiger partial charge in [-0.25, -0.2) is 14.4 Å². The van der Waals surface area contributed by atoms with Crippen LogP contribution in [-0.4, -0.2) is 77.5 Å². The Morgan fingerprint density at radius 1 is 0.973 bits per heavy atom. The monoisotopic (exact) mass is 528 g/mol. The maximum Gasteiger partial charge on any atom is 0.333 e. The topological polar surface area (TPSA) is 166 Å². The fraction of sp³-hybridized carbons (Fsp3) is 0.615. The highest BCUT2D eigenvalue weighted by Gasteiger charge is 2.57. The van der Waals surface area contributed by atoms with Gasteiger partial charge in [0.25, 0.3) is 0 Å². The summed E-state index contributed by atoms with van der Waals surface area (Å²) in [5.74, 6) is -2.88. The van der Waals surface area contributed by atoms with Crippen molar-refractivity contribution < 1.29 is 53.4 Å². The van der Waals surface area contributed by atoms with Crippen LogP contribution in [0.25, 0.3) is 0 Å². The van der Waals surface area contributed by atoms with Crippen LogP contribution in [0.5, 0.6) is 0 Å². The van der Waals surface area contributed by atoms with Gasteiger partial charge in [-0.2, -0.15) is 0 Å². The summed E-state index contributed by atoms with van der Waals surface area (Å²) in [5, 5.41) is 26.3. The van der Waals surface area contributed by atoms with E-state index in [9.17, 15) is 24.3 Å². The van der Waals surface area contributed by atoms with Crippen molar-refractivity contribution in [2.75, 3.05) is 19.8 Å². The van der Waals surface area contributed by atoms with E-state index in [2.05, 4.69) is 24.5 Å². The molecule has 0 heterocycles. The van der Waals surface area contributed by atoms with Gasteiger partial charge in [0.15, 0.2) is 6.29 Å². The summed E-state index contributed by atoms with van der Waals surface area (Å²) in [4.78, 5) is 44.0. The van der Waals surface area contributed by atoms with Crippen molar-refractivity contribution in [3.63, 3.8) is 0 Å². The van der Waals surface area contributed by atoms with E-state index in [1.165, 1.54) is 6.92 Å². The predicted molar refractivity (Wildman–Crippen MR) is 133 cm³/mol. The summed E-state index contributed by atoms with van der Waals surface area (Å²) < 4.78 is 20.3. The third kappa shape index (κ3) is 11.7. The lowest BCUT2D eigenvalue weighted by atomic mass is 9.85. The minimum Gasteiger partial charge on any atom is -0.478 e. The summed E-state index contributed by atoms with van der Waals surface area (Å²) in [6.07, 6.45) is -0.759. The van der Waals surface area contributed by atoms with Crippen molar-refractivity contribution in [1.82, 2.24) is 0 Å². The molecular weight excluding hydrogens is 488 g/mol. The van der Waals surface area contributed by atoms with Crippen molar-refractivity contribution in [3.8, 4) is 0 Å². The van der Waals surface area contributed by atoms with Crippen LogP contribution >= 0.6 is 0 Å². The number of hydrogen-bond donors (Lipinski definition) is 3. The number of ether oxygens (including phenoxy) is 4. The first-order chi connectivity index (χ1) is 17.2. The first kappa shape index (κ1) is 34.0. The van der Waals surface area contributed by atoms with Gasteiger partial charge in [-0.05, 0) is 53.4 Å². The number of carbonyl (C=O) groups is 4. The number of carboxylic acids is 1. The van der Waals surface area contributed by atoms with Gasteiger partial charge >= 0.3 is 23.9 Å². The molecule has 2 bridgehead atoms. The molecule has 6 atom stereocenters. The standard InChI is InChI=1S/C16H24O6.C6H10O3.C4H6O2/c1-5-20-9(4)21-16(19)12-7-10-6-11(12)14(13(10)17)22-15(18)8(2)3;1-5(2)6(8)9-4-3-7;1-3(2)4(5)6/h9-14,17H,2,5-7H2,1,3-4H3;7H,1,3-4H2,2H3;1H2,2H3,(H,5,6). The number of esters is 3. The lowest BCUT2D eigenvalue weighted by Crippen LogP contribution is -2.43. The maximum atomic E-state index is 12.3. The Morgan fingerprint density at radius 2 is 1.51 bits per heavy atom. The van der Waals surface area contributed by atoms with Gasteiger partial charge in [-0.15, -0.1) is 0 Å². The van der Waals surface area contributed by atoms with Crippen LogP contribution in [0, 0.1) is 17.8 Å². The number of rotatable bonds is 10.